The van der Waals surface area contributed by atoms with Gasteiger partial charge in [0.1, 0.15) is 0 Å². The monoisotopic (exact) mass is 252 g/mol. The van der Waals surface area contributed by atoms with E-state index in [1.54, 1.807) is 0 Å². The lowest BCUT2D eigenvalue weighted by Crippen LogP contribution is -2.39. The normalized spacial score (nSPS) is 18.7. The maximum Gasteiger partial charge on any atom is 0.0471 e. The zero-order chi connectivity index (χ0) is 12.5. The predicted molar refractivity (Wildman–Crippen MR) is 74.9 cm³/mol. The minimum atomic E-state index is 0.243. The number of halogens is 1. The van der Waals surface area contributed by atoms with E-state index < -0.39 is 0 Å². The topological polar surface area (TPSA) is 15.3 Å². The van der Waals surface area contributed by atoms with Gasteiger partial charge in [0.05, 0.1) is 0 Å². The zero-order valence-electron chi connectivity index (χ0n) is 10.9. The molecule has 1 aromatic carbocycles. The summed E-state index contributed by atoms with van der Waals surface area (Å²) >= 11 is 6.31. The third-order valence-corrected chi connectivity index (χ3v) is 3.99. The molecule has 0 unspecified atom stereocenters. The second-order valence-electron chi connectivity index (χ2n) is 5.34. The number of nitrogens with one attached hydrogen (secondary N) is 1. The summed E-state index contributed by atoms with van der Waals surface area (Å²) in [6.45, 7) is 6.57. The van der Waals surface area contributed by atoms with Crippen LogP contribution in [0.25, 0.3) is 0 Å². The molecule has 0 spiro atoms. The van der Waals surface area contributed by atoms with Crippen LogP contribution in [0.15, 0.2) is 18.2 Å². The molecule has 1 heterocycles. The van der Waals surface area contributed by atoms with E-state index in [-0.39, 0.29) is 5.54 Å². The van der Waals surface area contributed by atoms with Gasteiger partial charge in [-0.3, -0.25) is 0 Å². The van der Waals surface area contributed by atoms with Crippen molar-refractivity contribution < 1.29 is 0 Å². The molecule has 1 saturated heterocycles. The Kier molecular flexibility index (Phi) is 3.64. The van der Waals surface area contributed by atoms with Crippen molar-refractivity contribution in [2.75, 3.05) is 18.5 Å². The summed E-state index contributed by atoms with van der Waals surface area (Å²) < 4.78 is 0. The Morgan fingerprint density at radius 2 is 2.18 bits per heavy atom. The van der Waals surface area contributed by atoms with E-state index in [4.69, 9.17) is 11.6 Å². The van der Waals surface area contributed by atoms with E-state index in [9.17, 15) is 0 Å². The van der Waals surface area contributed by atoms with Gasteiger partial charge in [-0.05, 0) is 45.9 Å². The van der Waals surface area contributed by atoms with Gasteiger partial charge < -0.3 is 10.2 Å². The van der Waals surface area contributed by atoms with E-state index >= 15 is 0 Å². The van der Waals surface area contributed by atoms with Gasteiger partial charge in [0.2, 0.25) is 0 Å². The first-order valence-electron chi connectivity index (χ1n) is 6.26. The predicted octanol–water partition coefficient (Wildman–Crippen LogP) is 3.44. The molecule has 1 aliphatic rings. The Hall–Kier alpha value is -0.730. The Morgan fingerprint density at radius 1 is 1.41 bits per heavy atom. The third kappa shape index (κ3) is 2.43. The van der Waals surface area contributed by atoms with Crippen molar-refractivity contribution in [3.63, 3.8) is 0 Å². The second-order valence-corrected chi connectivity index (χ2v) is 5.74. The number of nitrogens with zero attached hydrogens (tertiary/aromatic N) is 1. The summed E-state index contributed by atoms with van der Waals surface area (Å²) in [7, 11) is 1.96. The Bertz CT molecular complexity index is 401. The Balaban J connectivity index is 2.41. The molecule has 1 aliphatic heterocycles. The van der Waals surface area contributed by atoms with Gasteiger partial charge in [0.25, 0.3) is 0 Å². The molecule has 0 bridgehead atoms. The molecule has 1 N–H and O–H groups in total. The highest BCUT2D eigenvalue weighted by Gasteiger charge is 2.33. The van der Waals surface area contributed by atoms with Crippen LogP contribution < -0.4 is 10.2 Å². The van der Waals surface area contributed by atoms with Crippen molar-refractivity contribution in [3.05, 3.63) is 28.8 Å². The van der Waals surface area contributed by atoms with Crippen LogP contribution in [0.5, 0.6) is 0 Å². The van der Waals surface area contributed by atoms with Gasteiger partial charge in [-0.25, -0.2) is 0 Å². The molecule has 0 saturated carbocycles. The molecular weight excluding hydrogens is 232 g/mol. The fraction of sp³-hybridized carbons (Fsp3) is 0.571. The third-order valence-electron chi connectivity index (χ3n) is 3.64. The van der Waals surface area contributed by atoms with E-state index in [1.165, 1.54) is 24.1 Å². The first kappa shape index (κ1) is 12.7. The number of anilines is 1. The molecule has 0 aliphatic carbocycles. The van der Waals surface area contributed by atoms with Gasteiger partial charge in [0, 0.05) is 34.9 Å². The number of hydrogen-bond acceptors (Lipinski definition) is 2. The molecular formula is C14H21ClN2. The van der Waals surface area contributed by atoms with E-state index in [2.05, 4.69) is 30.1 Å². The molecule has 0 aromatic heterocycles. The SMILES string of the molecule is CNCc1c(Cl)cccc1N1CCCC1(C)C. The van der Waals surface area contributed by atoms with Gasteiger partial charge in [-0.2, -0.15) is 0 Å². The van der Waals surface area contributed by atoms with Crippen molar-refractivity contribution in [2.45, 2.75) is 38.8 Å². The molecule has 0 amide bonds. The molecule has 94 valence electrons. The summed E-state index contributed by atoms with van der Waals surface area (Å²) in [5.41, 5.74) is 2.74. The molecule has 3 heteroatoms. The smallest absolute Gasteiger partial charge is 0.0471 e. The highest BCUT2D eigenvalue weighted by atomic mass is 35.5. The van der Waals surface area contributed by atoms with E-state index in [0.717, 1.165) is 18.1 Å². The van der Waals surface area contributed by atoms with Crippen molar-refractivity contribution >= 4 is 17.3 Å². The summed E-state index contributed by atoms with van der Waals surface area (Å²) in [5.74, 6) is 0. The van der Waals surface area contributed by atoms with E-state index in [1.807, 2.05) is 19.2 Å². The molecule has 0 radical (unpaired) electrons. The standard InChI is InChI=1S/C14H21ClN2/c1-14(2)8-5-9-17(14)13-7-4-6-12(15)11(13)10-16-3/h4,6-7,16H,5,8-10H2,1-3H3. The first-order chi connectivity index (χ1) is 8.06. The molecule has 1 aromatic rings. The average Bonchev–Trinajstić information content (AvgIpc) is 2.61. The van der Waals surface area contributed by atoms with Crippen LogP contribution in [0.4, 0.5) is 5.69 Å². The highest BCUT2D eigenvalue weighted by molar-refractivity contribution is 6.31. The average molecular weight is 253 g/mol. The Morgan fingerprint density at radius 3 is 2.76 bits per heavy atom. The lowest BCUT2D eigenvalue weighted by atomic mass is 10.0. The van der Waals surface area contributed by atoms with Crippen LogP contribution >= 0.6 is 11.6 Å². The van der Waals surface area contributed by atoms with Crippen LogP contribution in [-0.2, 0) is 6.54 Å². The number of rotatable bonds is 3. The molecule has 2 rings (SSSR count). The van der Waals surface area contributed by atoms with Gasteiger partial charge in [0.15, 0.2) is 0 Å². The number of benzene rings is 1. The lowest BCUT2D eigenvalue weighted by Gasteiger charge is -2.35. The number of hydrogen-bond donors (Lipinski definition) is 1. The summed E-state index contributed by atoms with van der Waals surface area (Å²) in [6, 6.07) is 6.21. The first-order valence-corrected chi connectivity index (χ1v) is 6.64. The fourth-order valence-corrected chi connectivity index (χ4v) is 2.94. The van der Waals surface area contributed by atoms with Crippen molar-refractivity contribution in [1.29, 1.82) is 0 Å². The van der Waals surface area contributed by atoms with Gasteiger partial charge >= 0.3 is 0 Å². The van der Waals surface area contributed by atoms with Crippen molar-refractivity contribution in [2.24, 2.45) is 0 Å². The van der Waals surface area contributed by atoms with Crippen molar-refractivity contribution in [1.82, 2.24) is 5.32 Å². The quantitative estimate of drug-likeness (QED) is 0.887. The molecule has 1 fully saturated rings. The maximum absolute atomic E-state index is 6.31. The van der Waals surface area contributed by atoms with Crippen LogP contribution in [-0.4, -0.2) is 19.1 Å². The summed E-state index contributed by atoms with van der Waals surface area (Å²) in [6.07, 6.45) is 2.51. The lowest BCUT2D eigenvalue weighted by molar-refractivity contribution is 0.516. The minimum absolute atomic E-state index is 0.243. The van der Waals surface area contributed by atoms with Crippen molar-refractivity contribution in [3.8, 4) is 0 Å². The molecule has 17 heavy (non-hydrogen) atoms. The Labute approximate surface area is 109 Å². The van der Waals surface area contributed by atoms with E-state index in [0.29, 0.717) is 0 Å². The van der Waals surface area contributed by atoms with Gasteiger partial charge in [-0.1, -0.05) is 17.7 Å². The van der Waals surface area contributed by atoms with Crippen LogP contribution in [0.2, 0.25) is 5.02 Å². The zero-order valence-corrected chi connectivity index (χ0v) is 11.6. The van der Waals surface area contributed by atoms with Crippen LogP contribution in [0.1, 0.15) is 32.3 Å². The minimum Gasteiger partial charge on any atom is -0.366 e. The largest absolute Gasteiger partial charge is 0.366 e. The highest BCUT2D eigenvalue weighted by Crippen LogP contribution is 2.37. The van der Waals surface area contributed by atoms with Gasteiger partial charge in [-0.15, -0.1) is 0 Å². The molecule has 0 atom stereocenters. The van der Waals surface area contributed by atoms with Crippen LogP contribution in [0, 0.1) is 0 Å². The molecule has 2 nitrogen and oxygen atoms in total. The second kappa shape index (κ2) is 4.87. The van der Waals surface area contributed by atoms with Crippen LogP contribution in [0.3, 0.4) is 0 Å². The summed E-state index contributed by atoms with van der Waals surface area (Å²) in [4.78, 5) is 2.49. The fourth-order valence-electron chi connectivity index (χ4n) is 2.71. The maximum atomic E-state index is 6.31. The summed E-state index contributed by atoms with van der Waals surface area (Å²) in [5, 5.41) is 4.07.